The van der Waals surface area contributed by atoms with Crippen LogP contribution in [-0.4, -0.2) is 16.4 Å². The number of halogens is 3. The molecule has 0 aromatic heterocycles. The molecule has 0 bridgehead atoms. The Kier molecular flexibility index (Phi) is 4.99. The lowest BCUT2D eigenvalue weighted by Crippen LogP contribution is -2.08. The van der Waals surface area contributed by atoms with Gasteiger partial charge in [0.1, 0.15) is 4.84 Å². The highest BCUT2D eigenvalue weighted by Gasteiger charge is 2.09. The second-order valence-corrected chi connectivity index (χ2v) is 3.28. The summed E-state index contributed by atoms with van der Waals surface area (Å²) in [5, 5.41) is -0.131. The molecule has 2 unspecified atom stereocenters. The first-order valence-corrected chi connectivity index (χ1v) is 3.93. The molecule has 0 aliphatic rings. The van der Waals surface area contributed by atoms with E-state index < -0.39 is 4.84 Å². The molecule has 0 aromatic carbocycles. The number of hydrogen-bond acceptors (Lipinski definition) is 0. The van der Waals surface area contributed by atoms with Gasteiger partial charge in [-0.1, -0.05) is 0 Å². The SMILES string of the molecule is PCC(Cl)C(Cl)Cl. The van der Waals surface area contributed by atoms with Gasteiger partial charge in [0.15, 0.2) is 0 Å². The first-order chi connectivity index (χ1) is 3.18. The zero-order valence-corrected chi connectivity index (χ0v) is 7.00. The Balaban J connectivity index is 3.14. The Morgan fingerprint density at radius 3 is 1.71 bits per heavy atom. The van der Waals surface area contributed by atoms with Crippen LogP contribution in [0.1, 0.15) is 0 Å². The summed E-state index contributed by atoms with van der Waals surface area (Å²) < 4.78 is 0. The molecule has 0 nitrogen and oxygen atoms in total. The van der Waals surface area contributed by atoms with E-state index in [9.17, 15) is 0 Å². The third kappa shape index (κ3) is 3.85. The van der Waals surface area contributed by atoms with Crippen LogP contribution in [0.25, 0.3) is 0 Å². The van der Waals surface area contributed by atoms with E-state index >= 15 is 0 Å². The standard InChI is InChI=1S/C3H6Cl3P/c4-2(1-7)3(5)6/h2-3H,1,7H2. The van der Waals surface area contributed by atoms with E-state index in [4.69, 9.17) is 34.8 Å². The van der Waals surface area contributed by atoms with E-state index in [1.807, 2.05) is 0 Å². The summed E-state index contributed by atoms with van der Waals surface area (Å²) in [4.78, 5) is -0.445. The second kappa shape index (κ2) is 4.21. The fraction of sp³-hybridized carbons (Fsp3) is 1.00. The average molecular weight is 179 g/mol. The molecule has 0 aliphatic carbocycles. The summed E-state index contributed by atoms with van der Waals surface area (Å²) in [5.74, 6) is 0. The minimum Gasteiger partial charge on any atom is -0.136 e. The van der Waals surface area contributed by atoms with E-state index in [0.717, 1.165) is 6.16 Å². The van der Waals surface area contributed by atoms with Gasteiger partial charge in [-0.15, -0.1) is 44.0 Å². The lowest BCUT2D eigenvalue weighted by Gasteiger charge is -2.03. The van der Waals surface area contributed by atoms with Crippen LogP contribution in [-0.2, 0) is 0 Å². The van der Waals surface area contributed by atoms with Crippen molar-refractivity contribution in [2.45, 2.75) is 10.2 Å². The van der Waals surface area contributed by atoms with E-state index in [0.29, 0.717) is 0 Å². The van der Waals surface area contributed by atoms with E-state index in [-0.39, 0.29) is 5.38 Å². The van der Waals surface area contributed by atoms with Crippen molar-refractivity contribution in [2.75, 3.05) is 6.16 Å². The van der Waals surface area contributed by atoms with Crippen LogP contribution in [0.2, 0.25) is 0 Å². The first kappa shape index (κ1) is 8.30. The molecule has 0 rings (SSSR count). The van der Waals surface area contributed by atoms with E-state index in [2.05, 4.69) is 9.24 Å². The monoisotopic (exact) mass is 178 g/mol. The highest BCUT2D eigenvalue weighted by atomic mass is 35.5. The molecule has 0 spiro atoms. The zero-order valence-electron chi connectivity index (χ0n) is 3.57. The van der Waals surface area contributed by atoms with Crippen molar-refractivity contribution in [3.8, 4) is 0 Å². The Morgan fingerprint density at radius 1 is 1.29 bits per heavy atom. The lowest BCUT2D eigenvalue weighted by atomic mass is 10.5. The molecule has 0 heterocycles. The Morgan fingerprint density at radius 2 is 1.71 bits per heavy atom. The van der Waals surface area contributed by atoms with Gasteiger partial charge in [0.25, 0.3) is 0 Å². The summed E-state index contributed by atoms with van der Waals surface area (Å²) in [6.07, 6.45) is 0.735. The van der Waals surface area contributed by atoms with Crippen LogP contribution in [0.5, 0.6) is 0 Å². The fourth-order valence-corrected chi connectivity index (χ4v) is 0.926. The van der Waals surface area contributed by atoms with Gasteiger partial charge in [0.05, 0.1) is 5.38 Å². The van der Waals surface area contributed by atoms with E-state index in [1.54, 1.807) is 0 Å². The Hall–Kier alpha value is 1.30. The minimum atomic E-state index is -0.445. The van der Waals surface area contributed by atoms with Gasteiger partial charge < -0.3 is 0 Å². The number of alkyl halides is 3. The maximum atomic E-state index is 5.52. The van der Waals surface area contributed by atoms with Crippen molar-refractivity contribution >= 4 is 44.0 Å². The van der Waals surface area contributed by atoms with Gasteiger partial charge in [0.2, 0.25) is 0 Å². The van der Waals surface area contributed by atoms with Crippen molar-refractivity contribution < 1.29 is 0 Å². The molecule has 0 radical (unpaired) electrons. The molecule has 0 aliphatic heterocycles. The van der Waals surface area contributed by atoms with Crippen LogP contribution in [0.15, 0.2) is 0 Å². The molecule has 0 saturated carbocycles. The minimum absolute atomic E-state index is 0.131. The summed E-state index contributed by atoms with van der Waals surface area (Å²) in [7, 11) is 2.46. The number of hydrogen-bond donors (Lipinski definition) is 0. The first-order valence-electron chi connectivity index (χ1n) is 1.80. The average Bonchev–Trinajstić information content (AvgIpc) is 1.65. The topological polar surface area (TPSA) is 0 Å². The molecular weight excluding hydrogens is 173 g/mol. The third-order valence-electron chi connectivity index (χ3n) is 0.499. The molecule has 0 saturated heterocycles. The quantitative estimate of drug-likeness (QED) is 0.451. The zero-order chi connectivity index (χ0) is 5.86. The molecule has 0 aromatic rings. The van der Waals surface area contributed by atoms with Gasteiger partial charge in [-0.2, -0.15) is 0 Å². The van der Waals surface area contributed by atoms with Crippen LogP contribution in [0.4, 0.5) is 0 Å². The highest BCUT2D eigenvalue weighted by Crippen LogP contribution is 2.15. The predicted octanol–water partition coefficient (Wildman–Crippen LogP) is 2.27. The van der Waals surface area contributed by atoms with Crippen LogP contribution >= 0.6 is 44.0 Å². The van der Waals surface area contributed by atoms with E-state index in [1.165, 1.54) is 0 Å². The van der Waals surface area contributed by atoms with Crippen LogP contribution < -0.4 is 0 Å². The molecule has 0 N–H and O–H groups in total. The molecule has 44 valence electrons. The lowest BCUT2D eigenvalue weighted by molar-refractivity contribution is 1.06. The summed E-state index contributed by atoms with van der Waals surface area (Å²) >= 11 is 16.2. The third-order valence-corrected chi connectivity index (χ3v) is 2.60. The summed E-state index contributed by atoms with van der Waals surface area (Å²) in [6, 6.07) is 0. The Bertz CT molecular complexity index is 47.4. The number of rotatable bonds is 2. The summed E-state index contributed by atoms with van der Waals surface area (Å²) in [6.45, 7) is 0. The van der Waals surface area contributed by atoms with Crippen molar-refractivity contribution in [1.29, 1.82) is 0 Å². The fourth-order valence-electron chi connectivity index (χ4n) is 0.103. The molecule has 4 heteroatoms. The van der Waals surface area contributed by atoms with Crippen LogP contribution in [0, 0.1) is 0 Å². The molecular formula is C3H6Cl3P. The van der Waals surface area contributed by atoms with Crippen molar-refractivity contribution in [3.05, 3.63) is 0 Å². The molecule has 2 atom stereocenters. The molecule has 0 fully saturated rings. The van der Waals surface area contributed by atoms with Gasteiger partial charge in [-0.3, -0.25) is 0 Å². The molecule has 0 amide bonds. The van der Waals surface area contributed by atoms with Gasteiger partial charge in [0, 0.05) is 0 Å². The smallest absolute Gasteiger partial charge is 0.124 e. The molecule has 7 heavy (non-hydrogen) atoms. The predicted molar refractivity (Wildman–Crippen MR) is 39.7 cm³/mol. The van der Waals surface area contributed by atoms with Gasteiger partial charge in [-0.25, -0.2) is 0 Å². The van der Waals surface area contributed by atoms with Crippen molar-refractivity contribution in [1.82, 2.24) is 0 Å². The van der Waals surface area contributed by atoms with Gasteiger partial charge in [-0.05, 0) is 6.16 Å². The maximum absolute atomic E-state index is 5.52. The largest absolute Gasteiger partial charge is 0.136 e. The highest BCUT2D eigenvalue weighted by molar-refractivity contribution is 7.16. The maximum Gasteiger partial charge on any atom is 0.124 e. The Labute approximate surface area is 60.7 Å². The van der Waals surface area contributed by atoms with Crippen molar-refractivity contribution in [2.24, 2.45) is 0 Å². The van der Waals surface area contributed by atoms with Crippen LogP contribution in [0.3, 0.4) is 0 Å². The summed E-state index contributed by atoms with van der Waals surface area (Å²) in [5.41, 5.74) is 0. The second-order valence-electron chi connectivity index (χ2n) is 1.09. The normalized spacial score (nSPS) is 15.0. The van der Waals surface area contributed by atoms with Crippen molar-refractivity contribution in [3.63, 3.8) is 0 Å². The van der Waals surface area contributed by atoms with Gasteiger partial charge >= 0.3 is 0 Å².